The van der Waals surface area contributed by atoms with Gasteiger partial charge in [0.15, 0.2) is 23.7 Å². The highest BCUT2D eigenvalue weighted by Gasteiger charge is 2.39. The maximum absolute atomic E-state index is 13.2. The van der Waals surface area contributed by atoms with E-state index < -0.39 is 23.2 Å². The first-order valence-electron chi connectivity index (χ1n) is 11.9. The molecule has 8 nitrogen and oxygen atoms in total. The molecule has 4 rings (SSSR count). The first-order chi connectivity index (χ1) is 18.9. The largest absolute Gasteiger partial charge is 0.493 e. The topological polar surface area (TPSA) is 109 Å². The van der Waals surface area contributed by atoms with E-state index in [1.807, 2.05) is 0 Å². The summed E-state index contributed by atoms with van der Waals surface area (Å²) in [7, 11) is 1.45. The van der Waals surface area contributed by atoms with Crippen LogP contribution < -0.4 is 20.2 Å². The summed E-state index contributed by atoms with van der Waals surface area (Å²) in [5.74, 6) is -0.905. The van der Waals surface area contributed by atoms with Gasteiger partial charge in [0.25, 0.3) is 11.8 Å². The molecule has 3 N–H and O–H groups in total. The second-order valence-corrected chi connectivity index (χ2v) is 8.40. The number of benzene rings is 4. The molecule has 0 aromatic heterocycles. The lowest BCUT2D eigenvalue weighted by atomic mass is 9.85. The molecule has 0 spiro atoms. The number of carbonyl (C=O) groups excluding carboxylic acids is 2. The predicted molar refractivity (Wildman–Crippen MR) is 145 cm³/mol. The summed E-state index contributed by atoms with van der Waals surface area (Å²) >= 11 is 0. The third kappa shape index (κ3) is 6.65. The van der Waals surface area contributed by atoms with Crippen LogP contribution in [0.3, 0.4) is 0 Å². The third-order valence-corrected chi connectivity index (χ3v) is 5.77. The summed E-state index contributed by atoms with van der Waals surface area (Å²) in [6.45, 7) is -0.297. The number of halogens is 1. The lowest BCUT2D eigenvalue weighted by Crippen LogP contribution is -2.43. The molecule has 39 heavy (non-hydrogen) atoms. The van der Waals surface area contributed by atoms with Crippen molar-refractivity contribution in [2.24, 2.45) is 5.10 Å². The lowest BCUT2D eigenvalue weighted by Gasteiger charge is -2.27. The van der Waals surface area contributed by atoms with E-state index >= 15 is 0 Å². The Bertz CT molecular complexity index is 1410. The van der Waals surface area contributed by atoms with Crippen molar-refractivity contribution in [3.8, 4) is 11.5 Å². The van der Waals surface area contributed by atoms with Crippen LogP contribution in [0.15, 0.2) is 108 Å². The highest BCUT2D eigenvalue weighted by atomic mass is 19.1. The molecule has 0 fully saturated rings. The molecule has 0 bridgehead atoms. The van der Waals surface area contributed by atoms with E-state index in [-0.39, 0.29) is 6.61 Å². The van der Waals surface area contributed by atoms with Gasteiger partial charge in [0.05, 0.1) is 13.3 Å². The van der Waals surface area contributed by atoms with Crippen molar-refractivity contribution >= 4 is 23.7 Å². The van der Waals surface area contributed by atoms with Crippen LogP contribution in [0, 0.1) is 5.82 Å². The third-order valence-electron chi connectivity index (χ3n) is 5.77. The fourth-order valence-corrected chi connectivity index (χ4v) is 3.79. The number of carbonyl (C=O) groups is 2. The molecule has 2 amide bonds. The van der Waals surface area contributed by atoms with E-state index in [1.165, 1.54) is 37.6 Å². The number of hydrazone groups is 1. The molecule has 0 radical (unpaired) electrons. The van der Waals surface area contributed by atoms with Crippen molar-refractivity contribution in [3.63, 3.8) is 0 Å². The van der Waals surface area contributed by atoms with Crippen molar-refractivity contribution in [2.75, 3.05) is 19.0 Å². The smallest absolute Gasteiger partial charge is 0.281 e. The quantitative estimate of drug-likeness (QED) is 0.211. The van der Waals surface area contributed by atoms with Crippen molar-refractivity contribution in [2.45, 2.75) is 5.60 Å². The van der Waals surface area contributed by atoms with Gasteiger partial charge in [-0.25, -0.2) is 9.82 Å². The van der Waals surface area contributed by atoms with Gasteiger partial charge >= 0.3 is 0 Å². The Hall–Kier alpha value is -5.02. The van der Waals surface area contributed by atoms with E-state index in [4.69, 9.17) is 9.47 Å². The zero-order valence-electron chi connectivity index (χ0n) is 21.0. The van der Waals surface area contributed by atoms with Gasteiger partial charge in [-0.05, 0) is 59.2 Å². The number of anilines is 1. The number of ether oxygens (including phenoxy) is 2. The molecule has 198 valence electrons. The summed E-state index contributed by atoms with van der Waals surface area (Å²) in [6, 6.07) is 27.5. The molecule has 0 aliphatic carbocycles. The molecule has 0 saturated heterocycles. The summed E-state index contributed by atoms with van der Waals surface area (Å²) < 4.78 is 24.0. The number of hydrogen-bond acceptors (Lipinski definition) is 6. The van der Waals surface area contributed by atoms with Crippen LogP contribution in [0.5, 0.6) is 11.5 Å². The highest BCUT2D eigenvalue weighted by molar-refractivity contribution is 5.92. The van der Waals surface area contributed by atoms with E-state index in [1.54, 1.807) is 78.9 Å². The van der Waals surface area contributed by atoms with E-state index in [0.29, 0.717) is 33.9 Å². The Balaban J connectivity index is 1.42. The average Bonchev–Trinajstić information content (AvgIpc) is 2.98. The number of hydrogen-bond donors (Lipinski definition) is 3. The standard InChI is InChI=1S/C30H26FN3O5/c1-38-27-18-21(12-17-26(27)39-20-28(35)33-25-15-13-24(31)14-16-25)19-32-34-29(36)30(37,22-8-4-2-5-9-22)23-10-6-3-7-11-23/h2-19,37H,20H2,1H3,(H,33,35)(H,34,36)/b32-19-. The van der Waals surface area contributed by atoms with Gasteiger partial charge in [-0.15, -0.1) is 0 Å². The van der Waals surface area contributed by atoms with Crippen molar-refractivity contribution < 1.29 is 28.6 Å². The molecular weight excluding hydrogens is 501 g/mol. The van der Waals surface area contributed by atoms with Gasteiger partial charge in [-0.1, -0.05) is 60.7 Å². The summed E-state index contributed by atoms with van der Waals surface area (Å²) in [5, 5.41) is 18.1. The minimum Gasteiger partial charge on any atom is -0.493 e. The monoisotopic (exact) mass is 527 g/mol. The van der Waals surface area contributed by atoms with E-state index in [0.717, 1.165) is 0 Å². The molecule has 0 saturated carbocycles. The van der Waals surface area contributed by atoms with Crippen molar-refractivity contribution in [3.05, 3.63) is 126 Å². The highest BCUT2D eigenvalue weighted by Crippen LogP contribution is 2.30. The van der Waals surface area contributed by atoms with Gasteiger partial charge < -0.3 is 19.9 Å². The van der Waals surface area contributed by atoms with Crippen molar-refractivity contribution in [1.82, 2.24) is 5.43 Å². The van der Waals surface area contributed by atoms with Crippen LogP contribution in [-0.2, 0) is 15.2 Å². The maximum Gasteiger partial charge on any atom is 0.281 e. The zero-order valence-corrected chi connectivity index (χ0v) is 21.0. The number of amides is 2. The summed E-state index contributed by atoms with van der Waals surface area (Å²) in [6.07, 6.45) is 1.39. The SMILES string of the molecule is COc1cc(/C=N\NC(=O)C(O)(c2ccccc2)c2ccccc2)ccc1OCC(=O)Nc1ccc(F)cc1. The maximum atomic E-state index is 13.2. The number of aliphatic hydroxyl groups is 1. The van der Waals surface area contributed by atoms with Crippen LogP contribution >= 0.6 is 0 Å². The number of nitrogens with one attached hydrogen (secondary N) is 2. The molecule has 0 aliphatic heterocycles. The van der Waals surface area contributed by atoms with E-state index in [9.17, 15) is 19.1 Å². The Kier molecular flexibility index (Phi) is 8.65. The Labute approximate surface area is 224 Å². The van der Waals surface area contributed by atoms with Crippen molar-refractivity contribution in [1.29, 1.82) is 0 Å². The Morgan fingerprint density at radius 1 is 0.897 bits per heavy atom. The molecule has 4 aromatic rings. The van der Waals surface area contributed by atoms with E-state index in [2.05, 4.69) is 15.8 Å². The van der Waals surface area contributed by atoms with Crippen LogP contribution in [0.4, 0.5) is 10.1 Å². The number of rotatable bonds is 10. The normalized spacial score (nSPS) is 11.2. The molecule has 0 heterocycles. The Morgan fingerprint density at radius 2 is 1.51 bits per heavy atom. The summed E-state index contributed by atoms with van der Waals surface area (Å²) in [5.41, 5.74) is 2.27. The minimum absolute atomic E-state index is 0.297. The minimum atomic E-state index is -1.95. The number of nitrogens with zero attached hydrogens (tertiary/aromatic N) is 1. The summed E-state index contributed by atoms with van der Waals surface area (Å²) in [4.78, 5) is 25.3. The molecule has 4 aromatic carbocycles. The van der Waals surface area contributed by atoms with Gasteiger partial charge in [-0.2, -0.15) is 5.10 Å². The fraction of sp³-hybridized carbons (Fsp3) is 0.100. The lowest BCUT2D eigenvalue weighted by molar-refractivity contribution is -0.136. The molecular formula is C30H26FN3O5. The molecule has 0 atom stereocenters. The van der Waals surface area contributed by atoms with Crippen LogP contribution in [-0.4, -0.2) is 36.9 Å². The van der Waals surface area contributed by atoms with Gasteiger partial charge in [0, 0.05) is 5.69 Å². The zero-order chi connectivity index (χ0) is 27.7. The van der Waals surface area contributed by atoms with Gasteiger partial charge in [0.1, 0.15) is 5.82 Å². The Morgan fingerprint density at radius 3 is 2.10 bits per heavy atom. The van der Waals surface area contributed by atoms with Crippen LogP contribution in [0.1, 0.15) is 16.7 Å². The predicted octanol–water partition coefficient (Wildman–Crippen LogP) is 4.24. The van der Waals surface area contributed by atoms with Gasteiger partial charge in [0.2, 0.25) is 0 Å². The molecule has 9 heteroatoms. The first kappa shape index (κ1) is 27.0. The fourth-order valence-electron chi connectivity index (χ4n) is 3.79. The molecule has 0 unspecified atom stereocenters. The second kappa shape index (κ2) is 12.5. The molecule has 0 aliphatic rings. The van der Waals surface area contributed by atoms with Crippen LogP contribution in [0.2, 0.25) is 0 Å². The first-order valence-corrected chi connectivity index (χ1v) is 11.9. The van der Waals surface area contributed by atoms with Gasteiger partial charge in [-0.3, -0.25) is 9.59 Å². The van der Waals surface area contributed by atoms with Crippen LogP contribution in [0.25, 0.3) is 0 Å². The average molecular weight is 528 g/mol. The number of methoxy groups -OCH3 is 1. The second-order valence-electron chi connectivity index (χ2n) is 8.40.